The molecule has 1 unspecified atom stereocenters. The molecule has 24 heavy (non-hydrogen) atoms. The number of imide groups is 1. The van der Waals surface area contributed by atoms with E-state index in [0.717, 1.165) is 12.8 Å². The Morgan fingerprint density at radius 1 is 1.21 bits per heavy atom. The summed E-state index contributed by atoms with van der Waals surface area (Å²) in [6, 6.07) is 6.06. The minimum atomic E-state index is -1.12. The molecule has 1 saturated heterocycles. The van der Waals surface area contributed by atoms with Crippen LogP contribution in [0.15, 0.2) is 24.3 Å². The third kappa shape index (κ3) is 3.41. The van der Waals surface area contributed by atoms with Gasteiger partial charge in [-0.1, -0.05) is 26.0 Å². The van der Waals surface area contributed by atoms with Gasteiger partial charge in [-0.2, -0.15) is 0 Å². The number of hydrogen-bond donors (Lipinski definition) is 4. The van der Waals surface area contributed by atoms with Crippen molar-refractivity contribution in [2.45, 2.75) is 44.7 Å². The number of urea groups is 1. The third-order valence-electron chi connectivity index (χ3n) is 4.78. The second kappa shape index (κ2) is 6.60. The number of nitrogens with two attached hydrogens (primary N) is 1. The second-order valence-electron chi connectivity index (χ2n) is 6.36. The minimum absolute atomic E-state index is 0.219. The molecule has 1 heterocycles. The Morgan fingerprint density at radius 3 is 2.25 bits per heavy atom. The van der Waals surface area contributed by atoms with Crippen molar-refractivity contribution >= 4 is 17.8 Å². The van der Waals surface area contributed by atoms with E-state index in [0.29, 0.717) is 17.7 Å². The van der Waals surface area contributed by atoms with Crippen LogP contribution in [0.2, 0.25) is 0 Å². The summed E-state index contributed by atoms with van der Waals surface area (Å²) in [7, 11) is 0. The molecular weight excluding hydrogens is 308 g/mol. The van der Waals surface area contributed by atoms with Crippen LogP contribution in [0.1, 0.15) is 49.5 Å². The molecular formula is C17H24N4O3. The fourth-order valence-corrected chi connectivity index (χ4v) is 2.56. The van der Waals surface area contributed by atoms with Gasteiger partial charge in [-0.25, -0.2) is 4.79 Å². The molecule has 0 bridgehead atoms. The van der Waals surface area contributed by atoms with Crippen molar-refractivity contribution in [1.29, 1.82) is 0 Å². The molecule has 1 aliphatic rings. The molecule has 0 spiro atoms. The largest absolute Gasteiger partial charge is 0.350 e. The average Bonchev–Trinajstić information content (AvgIpc) is 2.85. The lowest BCUT2D eigenvalue weighted by Crippen LogP contribution is -2.49. The molecule has 7 nitrogen and oxygen atoms in total. The molecule has 1 aliphatic heterocycles. The Bertz CT molecular complexity index is 652. The Balaban J connectivity index is 2.08. The summed E-state index contributed by atoms with van der Waals surface area (Å²) >= 11 is 0. The van der Waals surface area contributed by atoms with Gasteiger partial charge in [0, 0.05) is 17.6 Å². The second-order valence-corrected chi connectivity index (χ2v) is 6.36. The van der Waals surface area contributed by atoms with Crippen molar-refractivity contribution in [3.05, 3.63) is 35.4 Å². The zero-order valence-electron chi connectivity index (χ0n) is 14.2. The number of amides is 4. The smallest absolute Gasteiger partial charge is 0.322 e. The van der Waals surface area contributed by atoms with E-state index < -0.39 is 23.0 Å². The van der Waals surface area contributed by atoms with E-state index in [1.165, 1.54) is 0 Å². The molecule has 7 heteroatoms. The lowest BCUT2D eigenvalue weighted by molar-refractivity contribution is -0.123. The Hall–Kier alpha value is -2.41. The van der Waals surface area contributed by atoms with Crippen molar-refractivity contribution in [2.24, 2.45) is 5.73 Å². The number of carbonyl (C=O) groups excluding carboxylic acids is 3. The number of carbonyl (C=O) groups is 3. The number of benzene rings is 1. The lowest BCUT2D eigenvalue weighted by Gasteiger charge is -2.27. The first-order valence-electron chi connectivity index (χ1n) is 8.05. The standard InChI is InChI=1S/C17H24N4O3/c1-4-17(18,5-2)10-19-13(22)11-6-8-12(9-7-11)16(3)14(23)20-15(24)21-16/h6-9H,4-5,10,18H2,1-3H3,(H,19,22)(H2,20,21,23,24). The normalized spacial score (nSPS) is 20.5. The third-order valence-corrected chi connectivity index (χ3v) is 4.78. The molecule has 0 saturated carbocycles. The van der Waals surface area contributed by atoms with E-state index >= 15 is 0 Å². The summed E-state index contributed by atoms with van der Waals surface area (Å²) in [4.78, 5) is 35.5. The van der Waals surface area contributed by atoms with E-state index in [4.69, 9.17) is 5.73 Å². The molecule has 1 aromatic rings. The van der Waals surface area contributed by atoms with Crippen LogP contribution in [-0.4, -0.2) is 29.9 Å². The van der Waals surface area contributed by atoms with Crippen LogP contribution < -0.4 is 21.7 Å². The van der Waals surface area contributed by atoms with Gasteiger partial charge in [0.25, 0.3) is 11.8 Å². The molecule has 1 atom stereocenters. The molecule has 1 aromatic carbocycles. The Labute approximate surface area is 141 Å². The van der Waals surface area contributed by atoms with Crippen LogP contribution >= 0.6 is 0 Å². The number of rotatable bonds is 6. The first-order chi connectivity index (χ1) is 11.2. The van der Waals surface area contributed by atoms with E-state index in [-0.39, 0.29) is 5.91 Å². The number of nitrogens with one attached hydrogen (secondary N) is 3. The summed E-state index contributed by atoms with van der Waals surface area (Å²) < 4.78 is 0. The monoisotopic (exact) mass is 332 g/mol. The van der Waals surface area contributed by atoms with Crippen LogP contribution in [0, 0.1) is 0 Å². The van der Waals surface area contributed by atoms with Gasteiger partial charge >= 0.3 is 6.03 Å². The van der Waals surface area contributed by atoms with Crippen LogP contribution in [0.5, 0.6) is 0 Å². The van der Waals surface area contributed by atoms with Gasteiger partial charge in [-0.05, 0) is 37.5 Å². The van der Waals surface area contributed by atoms with Gasteiger partial charge in [0.05, 0.1) is 0 Å². The zero-order chi connectivity index (χ0) is 18.0. The maximum Gasteiger partial charge on any atom is 0.322 e. The average molecular weight is 332 g/mol. The van der Waals surface area contributed by atoms with Crippen LogP contribution in [0.25, 0.3) is 0 Å². The molecule has 1 fully saturated rings. The summed E-state index contributed by atoms with van der Waals surface area (Å²) in [6.45, 7) is 6.00. The maximum atomic E-state index is 12.2. The predicted octanol–water partition coefficient (Wildman–Crippen LogP) is 0.989. The van der Waals surface area contributed by atoms with E-state index in [2.05, 4.69) is 16.0 Å². The zero-order valence-corrected chi connectivity index (χ0v) is 14.2. The van der Waals surface area contributed by atoms with Crippen LogP contribution in [-0.2, 0) is 10.3 Å². The molecule has 4 amide bonds. The SMILES string of the molecule is CCC(N)(CC)CNC(=O)c1ccc(C2(C)NC(=O)NC2=O)cc1. The van der Waals surface area contributed by atoms with Gasteiger partial charge in [0.1, 0.15) is 5.54 Å². The van der Waals surface area contributed by atoms with Gasteiger partial charge in [-0.3, -0.25) is 14.9 Å². The van der Waals surface area contributed by atoms with Crippen molar-refractivity contribution < 1.29 is 14.4 Å². The van der Waals surface area contributed by atoms with Gasteiger partial charge in [0.2, 0.25) is 0 Å². The molecule has 0 aliphatic carbocycles. The summed E-state index contributed by atoms with van der Waals surface area (Å²) in [5.74, 6) is -0.633. The molecule has 0 radical (unpaired) electrons. The van der Waals surface area contributed by atoms with E-state index in [1.54, 1.807) is 31.2 Å². The highest BCUT2D eigenvalue weighted by Gasteiger charge is 2.43. The van der Waals surface area contributed by atoms with Crippen LogP contribution in [0.3, 0.4) is 0 Å². The van der Waals surface area contributed by atoms with Crippen molar-refractivity contribution in [3.8, 4) is 0 Å². The topological polar surface area (TPSA) is 113 Å². The number of hydrogen-bond acceptors (Lipinski definition) is 4. The van der Waals surface area contributed by atoms with Gasteiger partial charge in [0.15, 0.2) is 0 Å². The van der Waals surface area contributed by atoms with Crippen LogP contribution in [0.4, 0.5) is 4.79 Å². The van der Waals surface area contributed by atoms with Crippen molar-refractivity contribution in [2.75, 3.05) is 6.54 Å². The summed E-state index contributed by atoms with van der Waals surface area (Å²) in [6.07, 6.45) is 1.55. The van der Waals surface area contributed by atoms with Crippen molar-refractivity contribution in [3.63, 3.8) is 0 Å². The first kappa shape index (κ1) is 17.9. The summed E-state index contributed by atoms with van der Waals surface area (Å²) in [5.41, 5.74) is 5.73. The highest BCUT2D eigenvalue weighted by atomic mass is 16.2. The van der Waals surface area contributed by atoms with E-state index in [9.17, 15) is 14.4 Å². The highest BCUT2D eigenvalue weighted by Crippen LogP contribution is 2.24. The highest BCUT2D eigenvalue weighted by molar-refractivity contribution is 6.07. The lowest BCUT2D eigenvalue weighted by atomic mass is 9.91. The minimum Gasteiger partial charge on any atom is -0.350 e. The predicted molar refractivity (Wildman–Crippen MR) is 90.3 cm³/mol. The van der Waals surface area contributed by atoms with Gasteiger partial charge in [-0.15, -0.1) is 0 Å². The fourth-order valence-electron chi connectivity index (χ4n) is 2.56. The quantitative estimate of drug-likeness (QED) is 0.582. The first-order valence-corrected chi connectivity index (χ1v) is 8.05. The van der Waals surface area contributed by atoms with Crippen molar-refractivity contribution in [1.82, 2.24) is 16.0 Å². The Kier molecular flexibility index (Phi) is 4.94. The van der Waals surface area contributed by atoms with Gasteiger partial charge < -0.3 is 16.4 Å². The molecule has 130 valence electrons. The molecule has 0 aromatic heterocycles. The fraction of sp³-hybridized carbons (Fsp3) is 0.471. The maximum absolute atomic E-state index is 12.2. The van der Waals surface area contributed by atoms with E-state index in [1.807, 2.05) is 13.8 Å². The molecule has 5 N–H and O–H groups in total. The molecule has 2 rings (SSSR count). The summed E-state index contributed by atoms with van der Waals surface area (Å²) in [5, 5.41) is 7.64. The Morgan fingerprint density at radius 2 is 1.79 bits per heavy atom.